The van der Waals surface area contributed by atoms with Crippen molar-refractivity contribution < 1.29 is 19.7 Å². The second kappa shape index (κ2) is 12.9. The van der Waals surface area contributed by atoms with E-state index in [4.69, 9.17) is 32.9 Å². The Kier molecular flexibility index (Phi) is 9.55. The molecule has 2 aliphatic heterocycles. The molecule has 1 saturated heterocycles. The number of hydrogen-bond donors (Lipinski definition) is 2. The molecule has 0 bridgehead atoms. The molecule has 0 aromatic heterocycles. The predicted octanol–water partition coefficient (Wildman–Crippen LogP) is 6.24. The van der Waals surface area contributed by atoms with Crippen LogP contribution in [0.1, 0.15) is 56.9 Å². The lowest BCUT2D eigenvalue weighted by Crippen LogP contribution is -2.60. The molecule has 2 amide bonds. The Labute approximate surface area is 275 Å². The number of piperazine rings is 1. The lowest BCUT2D eigenvalue weighted by Gasteiger charge is -2.47. The number of benzene rings is 3. The number of β-amino-alcohol motifs (C(OH)–C–C–N with tert-alkyl or cyclic N) is 1. The van der Waals surface area contributed by atoms with E-state index in [0.29, 0.717) is 72.1 Å². The molecule has 3 aromatic rings. The van der Waals surface area contributed by atoms with Crippen molar-refractivity contribution in [1.82, 2.24) is 14.7 Å². The maximum atomic E-state index is 14.9. The summed E-state index contributed by atoms with van der Waals surface area (Å²) < 4.78 is 6.17. The average molecular weight is 654 g/mol. The standard InChI is InChI=1S/C35H42Cl2N4O4/c1-6-45-30-23-26(33(2,3)44)11-16-29(30)31-38-34(4,24-7-12-27(36)13-8-24)35(5,25-9-14-28(37)15-10-25)41(31)32(43)40-19-17-39(18-20-40)21-22-42/h7-16,23,42,44H,6,17-22H2,1-5H3/t34-,35+/m0/s1. The van der Waals surface area contributed by atoms with Gasteiger partial charge in [0, 0.05) is 42.8 Å². The maximum absolute atomic E-state index is 14.9. The van der Waals surface area contributed by atoms with Gasteiger partial charge in [-0.1, -0.05) is 53.5 Å². The SMILES string of the molecule is CCOc1cc(C(C)(C)O)ccc1C1=N[C@@](C)(c2ccc(Cl)cc2)[C@@](C)(c2ccc(Cl)cc2)N1C(=O)N1CCN(CCO)CC1. The Morgan fingerprint density at radius 2 is 1.51 bits per heavy atom. The number of aliphatic imine (C=N–C) groups is 1. The molecule has 0 saturated carbocycles. The van der Waals surface area contributed by atoms with E-state index in [1.807, 2.05) is 97.3 Å². The van der Waals surface area contributed by atoms with Crippen LogP contribution in [-0.4, -0.2) is 82.7 Å². The quantitative estimate of drug-likeness (QED) is 0.301. The third kappa shape index (κ3) is 6.19. The number of aliphatic hydroxyl groups is 2. The summed E-state index contributed by atoms with van der Waals surface area (Å²) in [4.78, 5) is 26.2. The molecule has 0 aliphatic carbocycles. The molecule has 10 heteroatoms. The van der Waals surface area contributed by atoms with E-state index in [1.54, 1.807) is 13.8 Å². The van der Waals surface area contributed by atoms with Crippen LogP contribution in [0.3, 0.4) is 0 Å². The second-order valence-corrected chi connectivity index (χ2v) is 13.3. The number of hydrogen-bond acceptors (Lipinski definition) is 6. The number of urea groups is 1. The van der Waals surface area contributed by atoms with Crippen molar-refractivity contribution in [2.24, 2.45) is 4.99 Å². The van der Waals surface area contributed by atoms with E-state index in [2.05, 4.69) is 4.90 Å². The largest absolute Gasteiger partial charge is 0.493 e. The summed E-state index contributed by atoms with van der Waals surface area (Å²) >= 11 is 12.7. The highest BCUT2D eigenvalue weighted by Gasteiger charge is 2.60. The van der Waals surface area contributed by atoms with Gasteiger partial charge in [0.05, 0.1) is 24.4 Å². The molecule has 0 radical (unpaired) electrons. The molecule has 2 atom stereocenters. The minimum atomic E-state index is -1.10. The van der Waals surface area contributed by atoms with Crippen molar-refractivity contribution in [3.05, 3.63) is 99.0 Å². The maximum Gasteiger partial charge on any atom is 0.326 e. The molecular formula is C35H42Cl2N4O4. The minimum Gasteiger partial charge on any atom is -0.493 e. The number of halogens is 2. The third-order valence-corrected chi connectivity index (χ3v) is 9.73. The number of amidine groups is 1. The number of nitrogens with zero attached hydrogens (tertiary/aromatic N) is 4. The molecular weight excluding hydrogens is 611 g/mol. The first-order valence-corrected chi connectivity index (χ1v) is 16.1. The highest BCUT2D eigenvalue weighted by molar-refractivity contribution is 6.30. The summed E-state index contributed by atoms with van der Waals surface area (Å²) in [5, 5.41) is 21.5. The van der Waals surface area contributed by atoms with Gasteiger partial charge in [-0.05, 0) is 87.7 Å². The Morgan fingerprint density at radius 1 is 0.933 bits per heavy atom. The molecule has 8 nitrogen and oxygen atoms in total. The van der Waals surface area contributed by atoms with E-state index in [0.717, 1.165) is 11.1 Å². The topological polar surface area (TPSA) is 88.8 Å². The monoisotopic (exact) mass is 652 g/mol. The fourth-order valence-electron chi connectivity index (χ4n) is 6.38. The normalized spacial score (nSPS) is 22.5. The second-order valence-electron chi connectivity index (χ2n) is 12.5. The lowest BCUT2D eigenvalue weighted by atomic mass is 9.71. The molecule has 0 spiro atoms. The smallest absolute Gasteiger partial charge is 0.326 e. The molecule has 2 N–H and O–H groups in total. The van der Waals surface area contributed by atoms with Crippen LogP contribution in [0.2, 0.25) is 10.0 Å². The van der Waals surface area contributed by atoms with Crippen LogP contribution in [0.25, 0.3) is 0 Å². The Hall–Kier alpha value is -3.14. The summed E-state index contributed by atoms with van der Waals surface area (Å²) in [6, 6.07) is 20.6. The van der Waals surface area contributed by atoms with Crippen LogP contribution in [0.5, 0.6) is 5.75 Å². The summed E-state index contributed by atoms with van der Waals surface area (Å²) in [7, 11) is 0. The molecule has 3 aromatic carbocycles. The van der Waals surface area contributed by atoms with Crippen LogP contribution in [-0.2, 0) is 16.7 Å². The zero-order chi connectivity index (χ0) is 32.6. The van der Waals surface area contributed by atoms with E-state index in [9.17, 15) is 15.0 Å². The molecule has 2 heterocycles. The van der Waals surface area contributed by atoms with E-state index in [-0.39, 0.29) is 12.6 Å². The molecule has 45 heavy (non-hydrogen) atoms. The Balaban J connectivity index is 1.75. The molecule has 240 valence electrons. The number of aliphatic hydroxyl groups excluding tert-OH is 1. The average Bonchev–Trinajstić information content (AvgIpc) is 3.25. The van der Waals surface area contributed by atoms with Gasteiger partial charge in [0.1, 0.15) is 22.7 Å². The first kappa shape index (κ1) is 33.2. The van der Waals surface area contributed by atoms with Gasteiger partial charge in [0.2, 0.25) is 0 Å². The first-order valence-electron chi connectivity index (χ1n) is 15.4. The van der Waals surface area contributed by atoms with E-state index in [1.165, 1.54) is 0 Å². The molecule has 0 unspecified atom stereocenters. The number of ether oxygens (including phenoxy) is 1. The van der Waals surface area contributed by atoms with Crippen molar-refractivity contribution in [3.63, 3.8) is 0 Å². The van der Waals surface area contributed by atoms with Crippen molar-refractivity contribution in [3.8, 4) is 5.75 Å². The highest BCUT2D eigenvalue weighted by Crippen LogP contribution is 2.54. The van der Waals surface area contributed by atoms with Gasteiger partial charge in [0.25, 0.3) is 0 Å². The molecule has 5 rings (SSSR count). The molecule has 2 aliphatic rings. The predicted molar refractivity (Wildman–Crippen MR) is 179 cm³/mol. The van der Waals surface area contributed by atoms with Crippen LogP contribution >= 0.6 is 23.2 Å². The first-order chi connectivity index (χ1) is 21.3. The van der Waals surface area contributed by atoms with Gasteiger partial charge < -0.3 is 19.8 Å². The number of amides is 2. The summed E-state index contributed by atoms with van der Waals surface area (Å²) in [5.74, 6) is 0.999. The molecule has 1 fully saturated rings. The van der Waals surface area contributed by atoms with Crippen molar-refractivity contribution in [2.45, 2.75) is 51.3 Å². The van der Waals surface area contributed by atoms with Gasteiger partial charge >= 0.3 is 6.03 Å². The summed E-state index contributed by atoms with van der Waals surface area (Å²) in [6.07, 6.45) is 0. The van der Waals surface area contributed by atoms with Crippen molar-refractivity contribution >= 4 is 35.1 Å². The van der Waals surface area contributed by atoms with Gasteiger partial charge in [-0.2, -0.15) is 0 Å². The Bertz CT molecular complexity index is 1550. The zero-order valence-corrected chi connectivity index (χ0v) is 28.1. The van der Waals surface area contributed by atoms with Crippen LogP contribution in [0, 0.1) is 0 Å². The zero-order valence-electron chi connectivity index (χ0n) is 26.6. The van der Waals surface area contributed by atoms with Crippen LogP contribution < -0.4 is 4.74 Å². The van der Waals surface area contributed by atoms with Gasteiger partial charge in [-0.15, -0.1) is 0 Å². The number of rotatable bonds is 8. The van der Waals surface area contributed by atoms with E-state index >= 15 is 0 Å². The van der Waals surface area contributed by atoms with Gasteiger partial charge in [0.15, 0.2) is 0 Å². The van der Waals surface area contributed by atoms with Gasteiger partial charge in [-0.3, -0.25) is 14.8 Å². The summed E-state index contributed by atoms with van der Waals surface area (Å²) in [6.45, 7) is 12.8. The summed E-state index contributed by atoms with van der Waals surface area (Å²) in [5.41, 5.74) is 0.00676. The minimum absolute atomic E-state index is 0.0752. The fraction of sp³-hybridized carbons (Fsp3) is 0.429. The van der Waals surface area contributed by atoms with Gasteiger partial charge in [-0.25, -0.2) is 4.79 Å². The van der Waals surface area contributed by atoms with Crippen LogP contribution in [0.4, 0.5) is 4.79 Å². The van der Waals surface area contributed by atoms with Crippen molar-refractivity contribution in [2.75, 3.05) is 45.9 Å². The van der Waals surface area contributed by atoms with Crippen LogP contribution in [0.15, 0.2) is 71.7 Å². The third-order valence-electron chi connectivity index (χ3n) is 9.23. The number of carbonyl (C=O) groups is 1. The van der Waals surface area contributed by atoms with E-state index < -0.39 is 16.7 Å². The highest BCUT2D eigenvalue weighted by atomic mass is 35.5. The lowest BCUT2D eigenvalue weighted by molar-refractivity contribution is 0.0780. The Morgan fingerprint density at radius 3 is 2.04 bits per heavy atom. The van der Waals surface area contributed by atoms with Crippen molar-refractivity contribution in [1.29, 1.82) is 0 Å². The number of carbonyl (C=O) groups excluding carboxylic acids is 1. The fourth-order valence-corrected chi connectivity index (χ4v) is 6.63.